The lowest BCUT2D eigenvalue weighted by molar-refractivity contribution is -0.139. The second-order valence-electron chi connectivity index (χ2n) is 5.25. The zero-order valence-corrected chi connectivity index (χ0v) is 12.3. The molecule has 0 unspecified atom stereocenters. The summed E-state index contributed by atoms with van der Waals surface area (Å²) in [6, 6.07) is 5.66. The lowest BCUT2D eigenvalue weighted by Crippen LogP contribution is -2.27. The largest absolute Gasteiger partial charge is 0.481 e. The minimum Gasteiger partial charge on any atom is -0.481 e. The molecule has 0 heterocycles. The third-order valence-electron chi connectivity index (χ3n) is 3.52. The van der Waals surface area contributed by atoms with Crippen molar-refractivity contribution in [2.75, 3.05) is 6.54 Å². The zero-order chi connectivity index (χ0) is 15.9. The molecule has 0 aromatic heterocycles. The summed E-state index contributed by atoms with van der Waals surface area (Å²) in [4.78, 5) is 33.3. The van der Waals surface area contributed by atoms with Gasteiger partial charge in [-0.2, -0.15) is 0 Å². The van der Waals surface area contributed by atoms with Crippen molar-refractivity contribution >= 4 is 17.8 Å². The molecule has 1 amide bonds. The standard InChI is InChI=1S/C16H19NO5/c18-14(6-7-15(19)20)17-9-8-16(21)22-13-5-4-11-2-1-3-12(11)10-13/h4-5,10H,1-3,6-9H2,(H,17,18)(H,19,20). The Morgan fingerprint density at radius 1 is 1.09 bits per heavy atom. The smallest absolute Gasteiger partial charge is 0.312 e. The molecule has 0 saturated carbocycles. The maximum Gasteiger partial charge on any atom is 0.312 e. The Balaban J connectivity index is 1.70. The van der Waals surface area contributed by atoms with E-state index in [2.05, 4.69) is 5.32 Å². The van der Waals surface area contributed by atoms with E-state index in [1.807, 2.05) is 12.1 Å². The molecule has 0 bridgehead atoms. The van der Waals surface area contributed by atoms with E-state index in [1.54, 1.807) is 6.07 Å². The van der Waals surface area contributed by atoms with Crippen LogP contribution >= 0.6 is 0 Å². The fraction of sp³-hybridized carbons (Fsp3) is 0.438. The van der Waals surface area contributed by atoms with E-state index >= 15 is 0 Å². The van der Waals surface area contributed by atoms with Crippen LogP contribution in [0.4, 0.5) is 0 Å². The summed E-state index contributed by atoms with van der Waals surface area (Å²) in [5.74, 6) is -1.29. The molecular formula is C16H19NO5. The van der Waals surface area contributed by atoms with Crippen molar-refractivity contribution in [2.24, 2.45) is 0 Å². The Hall–Kier alpha value is -2.37. The molecule has 118 valence electrons. The molecule has 0 aliphatic heterocycles. The van der Waals surface area contributed by atoms with Gasteiger partial charge in [-0.1, -0.05) is 6.07 Å². The summed E-state index contributed by atoms with van der Waals surface area (Å²) in [7, 11) is 0. The van der Waals surface area contributed by atoms with Gasteiger partial charge >= 0.3 is 11.9 Å². The molecule has 0 radical (unpaired) electrons. The number of nitrogens with one attached hydrogen (secondary N) is 1. The van der Waals surface area contributed by atoms with E-state index in [0.29, 0.717) is 5.75 Å². The average molecular weight is 305 g/mol. The van der Waals surface area contributed by atoms with E-state index in [4.69, 9.17) is 9.84 Å². The summed E-state index contributed by atoms with van der Waals surface area (Å²) in [5, 5.41) is 10.9. The molecule has 0 fully saturated rings. The predicted octanol–water partition coefficient (Wildman–Crippen LogP) is 1.45. The number of fused-ring (bicyclic) bond motifs is 1. The number of hydrogen-bond acceptors (Lipinski definition) is 4. The molecule has 0 atom stereocenters. The molecule has 22 heavy (non-hydrogen) atoms. The van der Waals surface area contributed by atoms with Gasteiger partial charge in [0.05, 0.1) is 12.8 Å². The topological polar surface area (TPSA) is 92.7 Å². The van der Waals surface area contributed by atoms with Crippen molar-refractivity contribution in [2.45, 2.75) is 38.5 Å². The average Bonchev–Trinajstić information content (AvgIpc) is 2.92. The third kappa shape index (κ3) is 4.87. The Morgan fingerprint density at radius 2 is 1.86 bits per heavy atom. The highest BCUT2D eigenvalue weighted by Crippen LogP contribution is 2.26. The minimum absolute atomic E-state index is 0.0515. The number of carbonyl (C=O) groups excluding carboxylic acids is 2. The Morgan fingerprint density at radius 3 is 2.64 bits per heavy atom. The number of ether oxygens (including phenoxy) is 1. The van der Waals surface area contributed by atoms with E-state index in [1.165, 1.54) is 11.1 Å². The van der Waals surface area contributed by atoms with Gasteiger partial charge in [0.1, 0.15) is 5.75 Å². The number of rotatable bonds is 7. The molecule has 1 aromatic carbocycles. The molecule has 6 heteroatoms. The normalized spacial score (nSPS) is 12.5. The molecule has 0 saturated heterocycles. The number of carbonyl (C=O) groups is 3. The minimum atomic E-state index is -1.02. The van der Waals surface area contributed by atoms with Gasteiger partial charge in [-0.3, -0.25) is 14.4 Å². The van der Waals surface area contributed by atoms with Crippen LogP contribution in [0, 0.1) is 0 Å². The van der Waals surface area contributed by atoms with E-state index in [0.717, 1.165) is 19.3 Å². The second kappa shape index (κ2) is 7.59. The van der Waals surface area contributed by atoms with Crippen LogP contribution < -0.4 is 10.1 Å². The predicted molar refractivity (Wildman–Crippen MR) is 78.6 cm³/mol. The fourth-order valence-corrected chi connectivity index (χ4v) is 2.41. The highest BCUT2D eigenvalue weighted by molar-refractivity contribution is 5.81. The van der Waals surface area contributed by atoms with Crippen LogP contribution in [0.25, 0.3) is 0 Å². The quantitative estimate of drug-likeness (QED) is 0.587. The molecule has 1 aliphatic carbocycles. The highest BCUT2D eigenvalue weighted by atomic mass is 16.5. The van der Waals surface area contributed by atoms with Crippen molar-refractivity contribution in [1.82, 2.24) is 5.32 Å². The van der Waals surface area contributed by atoms with Crippen molar-refractivity contribution in [1.29, 1.82) is 0 Å². The molecule has 2 rings (SSSR count). The number of carboxylic acids is 1. The second-order valence-corrected chi connectivity index (χ2v) is 5.25. The maximum atomic E-state index is 11.7. The first-order valence-electron chi connectivity index (χ1n) is 7.35. The van der Waals surface area contributed by atoms with Crippen molar-refractivity contribution in [3.8, 4) is 5.75 Å². The van der Waals surface area contributed by atoms with E-state index < -0.39 is 11.9 Å². The van der Waals surface area contributed by atoms with Gasteiger partial charge in [-0.05, 0) is 42.5 Å². The van der Waals surface area contributed by atoms with Gasteiger partial charge in [0.2, 0.25) is 5.91 Å². The number of aryl methyl sites for hydroxylation is 2. The first kappa shape index (κ1) is 16.0. The van der Waals surface area contributed by atoms with Gasteiger partial charge in [0.15, 0.2) is 0 Å². The van der Waals surface area contributed by atoms with Gasteiger partial charge in [-0.15, -0.1) is 0 Å². The Kier molecular flexibility index (Phi) is 5.52. The summed E-state index contributed by atoms with van der Waals surface area (Å²) in [6.45, 7) is 0.141. The SMILES string of the molecule is O=C(O)CCC(=O)NCCC(=O)Oc1ccc2c(c1)CCC2. The number of aliphatic carboxylic acids is 1. The Bertz CT molecular complexity index is 582. The van der Waals surface area contributed by atoms with Crippen LogP contribution in [0.15, 0.2) is 18.2 Å². The first-order chi connectivity index (χ1) is 10.5. The van der Waals surface area contributed by atoms with Crippen molar-refractivity contribution in [3.05, 3.63) is 29.3 Å². The highest BCUT2D eigenvalue weighted by Gasteiger charge is 2.13. The number of hydrogen-bond donors (Lipinski definition) is 2. The van der Waals surface area contributed by atoms with Crippen LogP contribution in [-0.2, 0) is 27.2 Å². The van der Waals surface area contributed by atoms with Crippen molar-refractivity contribution in [3.63, 3.8) is 0 Å². The van der Waals surface area contributed by atoms with E-state index in [9.17, 15) is 14.4 Å². The van der Waals surface area contributed by atoms with Gasteiger partial charge < -0.3 is 15.2 Å². The maximum absolute atomic E-state index is 11.7. The molecule has 0 spiro atoms. The van der Waals surface area contributed by atoms with Gasteiger partial charge in [0, 0.05) is 13.0 Å². The van der Waals surface area contributed by atoms with Crippen LogP contribution in [0.5, 0.6) is 5.75 Å². The third-order valence-corrected chi connectivity index (χ3v) is 3.52. The lowest BCUT2D eigenvalue weighted by atomic mass is 10.1. The monoisotopic (exact) mass is 305 g/mol. The van der Waals surface area contributed by atoms with Crippen LogP contribution in [0.2, 0.25) is 0 Å². The lowest BCUT2D eigenvalue weighted by Gasteiger charge is -2.07. The summed E-state index contributed by atoms with van der Waals surface area (Å²) >= 11 is 0. The van der Waals surface area contributed by atoms with E-state index in [-0.39, 0.29) is 31.7 Å². The first-order valence-corrected chi connectivity index (χ1v) is 7.35. The van der Waals surface area contributed by atoms with Crippen LogP contribution in [-0.4, -0.2) is 29.5 Å². The fourth-order valence-electron chi connectivity index (χ4n) is 2.41. The van der Waals surface area contributed by atoms with Gasteiger partial charge in [-0.25, -0.2) is 0 Å². The molecular weight excluding hydrogens is 286 g/mol. The number of esters is 1. The number of benzene rings is 1. The summed E-state index contributed by atoms with van der Waals surface area (Å²) in [5.41, 5.74) is 2.54. The number of amides is 1. The van der Waals surface area contributed by atoms with Gasteiger partial charge in [0.25, 0.3) is 0 Å². The summed E-state index contributed by atoms with van der Waals surface area (Å²) < 4.78 is 5.24. The van der Waals surface area contributed by atoms with Crippen LogP contribution in [0.1, 0.15) is 36.8 Å². The number of carboxylic acid groups (broad SMARTS) is 1. The van der Waals surface area contributed by atoms with Crippen molar-refractivity contribution < 1.29 is 24.2 Å². The Labute approximate surface area is 128 Å². The molecule has 6 nitrogen and oxygen atoms in total. The van der Waals surface area contributed by atoms with Crippen LogP contribution in [0.3, 0.4) is 0 Å². The molecule has 1 aromatic rings. The molecule has 2 N–H and O–H groups in total. The zero-order valence-electron chi connectivity index (χ0n) is 12.3. The molecule has 1 aliphatic rings. The summed E-state index contributed by atoms with van der Waals surface area (Å²) in [6.07, 6.45) is 2.97.